The molecule has 2 aromatic rings. The zero-order valence-corrected chi connectivity index (χ0v) is 6.10. The molecule has 0 aliphatic carbocycles. The van der Waals surface area contributed by atoms with Gasteiger partial charge in [-0.2, -0.15) is 10.4 Å². The Bertz CT molecular complexity index is 468. The molecule has 0 atom stereocenters. The predicted octanol–water partition coefficient (Wildman–Crippen LogP) is -0.605. The summed E-state index contributed by atoms with van der Waals surface area (Å²) in [5, 5.41) is 12.5. The molecular formula is C7H3BN4. The SMILES string of the molecule is [B]c1cnc2c(C#N)cnn2c1. The number of hydrogen-bond donors (Lipinski definition) is 0. The van der Waals surface area contributed by atoms with Crippen molar-refractivity contribution in [2.45, 2.75) is 0 Å². The Hall–Kier alpha value is -1.83. The fraction of sp³-hybridized carbons (Fsp3) is 0. The van der Waals surface area contributed by atoms with Crippen molar-refractivity contribution in [3.05, 3.63) is 24.2 Å². The first-order valence-electron chi connectivity index (χ1n) is 3.30. The van der Waals surface area contributed by atoms with Gasteiger partial charge in [0.2, 0.25) is 0 Å². The summed E-state index contributed by atoms with van der Waals surface area (Å²) >= 11 is 0. The van der Waals surface area contributed by atoms with E-state index in [1.165, 1.54) is 16.9 Å². The first-order valence-corrected chi connectivity index (χ1v) is 3.30. The van der Waals surface area contributed by atoms with E-state index in [2.05, 4.69) is 10.1 Å². The molecule has 0 unspecified atom stereocenters. The smallest absolute Gasteiger partial charge is 0.172 e. The lowest BCUT2D eigenvalue weighted by molar-refractivity contribution is 0.946. The van der Waals surface area contributed by atoms with Crippen LogP contribution in [0, 0.1) is 11.3 Å². The highest BCUT2D eigenvalue weighted by Gasteiger charge is 2.02. The third kappa shape index (κ3) is 0.856. The normalized spacial score (nSPS) is 9.92. The van der Waals surface area contributed by atoms with E-state index in [-0.39, 0.29) is 0 Å². The highest BCUT2D eigenvalue weighted by Crippen LogP contribution is 2.02. The monoisotopic (exact) mass is 154 g/mol. The van der Waals surface area contributed by atoms with Crippen LogP contribution in [0.3, 0.4) is 0 Å². The van der Waals surface area contributed by atoms with Gasteiger partial charge < -0.3 is 0 Å². The Kier molecular flexibility index (Phi) is 1.34. The molecule has 0 aliphatic heterocycles. The van der Waals surface area contributed by atoms with Crippen molar-refractivity contribution >= 4 is 19.0 Å². The van der Waals surface area contributed by atoms with Gasteiger partial charge >= 0.3 is 0 Å². The Morgan fingerprint density at radius 2 is 2.33 bits per heavy atom. The van der Waals surface area contributed by atoms with Gasteiger partial charge in [0.05, 0.1) is 6.20 Å². The van der Waals surface area contributed by atoms with Crippen molar-refractivity contribution < 1.29 is 0 Å². The Morgan fingerprint density at radius 1 is 1.50 bits per heavy atom. The molecular weight excluding hydrogens is 151 g/mol. The maximum atomic E-state index is 8.62. The molecule has 2 heterocycles. The van der Waals surface area contributed by atoms with Gasteiger partial charge in [-0.15, -0.1) is 0 Å². The first-order chi connectivity index (χ1) is 5.81. The molecule has 0 bridgehead atoms. The van der Waals surface area contributed by atoms with E-state index >= 15 is 0 Å². The minimum absolute atomic E-state index is 0.454. The van der Waals surface area contributed by atoms with E-state index in [1.54, 1.807) is 6.20 Å². The lowest BCUT2D eigenvalue weighted by Gasteiger charge is -1.93. The molecule has 0 spiro atoms. The zero-order chi connectivity index (χ0) is 8.55. The number of hydrogen-bond acceptors (Lipinski definition) is 3. The average Bonchev–Trinajstić information content (AvgIpc) is 2.46. The van der Waals surface area contributed by atoms with Crippen LogP contribution in [-0.4, -0.2) is 22.4 Å². The number of nitrogens with zero attached hydrogens (tertiary/aromatic N) is 4. The number of fused-ring (bicyclic) bond motifs is 1. The molecule has 0 fully saturated rings. The summed E-state index contributed by atoms with van der Waals surface area (Å²) < 4.78 is 1.48. The van der Waals surface area contributed by atoms with Crippen LogP contribution >= 0.6 is 0 Å². The molecule has 0 N–H and O–H groups in total. The fourth-order valence-electron chi connectivity index (χ4n) is 0.968. The van der Waals surface area contributed by atoms with Gasteiger partial charge in [0, 0.05) is 12.4 Å². The van der Waals surface area contributed by atoms with Crippen molar-refractivity contribution in [2.75, 3.05) is 0 Å². The first kappa shape index (κ1) is 6.86. The van der Waals surface area contributed by atoms with E-state index in [1.807, 2.05) is 6.07 Å². The molecule has 2 rings (SSSR count). The second kappa shape index (κ2) is 2.34. The Balaban J connectivity index is 2.84. The van der Waals surface area contributed by atoms with Crippen LogP contribution in [0.15, 0.2) is 18.6 Å². The number of aromatic nitrogens is 3. The van der Waals surface area contributed by atoms with Crippen molar-refractivity contribution in [1.29, 1.82) is 5.26 Å². The van der Waals surface area contributed by atoms with Gasteiger partial charge in [0.15, 0.2) is 5.65 Å². The van der Waals surface area contributed by atoms with Crippen LogP contribution in [0.25, 0.3) is 5.65 Å². The maximum Gasteiger partial charge on any atom is 0.172 e. The summed E-state index contributed by atoms with van der Waals surface area (Å²) in [5.41, 5.74) is 1.51. The average molecular weight is 154 g/mol. The minimum Gasteiger partial charge on any atom is -0.236 e. The highest BCUT2D eigenvalue weighted by atomic mass is 15.2. The molecule has 0 aromatic carbocycles. The van der Waals surface area contributed by atoms with Crippen LogP contribution in [0.4, 0.5) is 0 Å². The summed E-state index contributed by atoms with van der Waals surface area (Å²) in [6, 6.07) is 1.98. The molecule has 2 aromatic heterocycles. The quantitative estimate of drug-likeness (QED) is 0.475. The van der Waals surface area contributed by atoms with Crippen molar-refractivity contribution in [3.63, 3.8) is 0 Å². The zero-order valence-electron chi connectivity index (χ0n) is 6.10. The molecule has 0 saturated carbocycles. The lowest BCUT2D eigenvalue weighted by atomic mass is 10.0. The van der Waals surface area contributed by atoms with Gasteiger partial charge in [-0.3, -0.25) is 0 Å². The van der Waals surface area contributed by atoms with Crippen molar-refractivity contribution in [1.82, 2.24) is 14.6 Å². The fourth-order valence-corrected chi connectivity index (χ4v) is 0.968. The van der Waals surface area contributed by atoms with Crippen LogP contribution in [0.1, 0.15) is 5.56 Å². The third-order valence-corrected chi connectivity index (χ3v) is 1.50. The van der Waals surface area contributed by atoms with E-state index in [0.29, 0.717) is 16.7 Å². The number of rotatable bonds is 0. The molecule has 0 saturated heterocycles. The molecule has 5 heteroatoms. The third-order valence-electron chi connectivity index (χ3n) is 1.50. The number of nitriles is 1. The molecule has 2 radical (unpaired) electrons. The predicted molar refractivity (Wildman–Crippen MR) is 43.1 cm³/mol. The summed E-state index contributed by atoms with van der Waals surface area (Å²) in [5.74, 6) is 0. The second-order valence-corrected chi connectivity index (χ2v) is 2.33. The minimum atomic E-state index is 0.454. The van der Waals surface area contributed by atoms with E-state index in [9.17, 15) is 0 Å². The van der Waals surface area contributed by atoms with E-state index in [4.69, 9.17) is 13.1 Å². The van der Waals surface area contributed by atoms with Crippen LogP contribution in [0.5, 0.6) is 0 Å². The molecule has 0 aliphatic rings. The molecule has 12 heavy (non-hydrogen) atoms. The van der Waals surface area contributed by atoms with Gasteiger partial charge in [0.25, 0.3) is 0 Å². The van der Waals surface area contributed by atoms with Crippen LogP contribution < -0.4 is 5.46 Å². The highest BCUT2D eigenvalue weighted by molar-refractivity contribution is 6.31. The van der Waals surface area contributed by atoms with Gasteiger partial charge in [-0.1, -0.05) is 5.46 Å². The standard InChI is InChI=1S/C7H3BN4/c8-6-3-10-7-5(1-9)2-11-12(7)4-6/h2-4H. The lowest BCUT2D eigenvalue weighted by Crippen LogP contribution is -2.07. The summed E-state index contributed by atoms with van der Waals surface area (Å²) in [6.07, 6.45) is 4.57. The summed E-state index contributed by atoms with van der Waals surface area (Å²) in [4.78, 5) is 3.96. The Labute approximate surface area is 69.9 Å². The summed E-state index contributed by atoms with van der Waals surface area (Å²) in [7, 11) is 5.47. The van der Waals surface area contributed by atoms with Gasteiger partial charge in [-0.05, 0) is 0 Å². The van der Waals surface area contributed by atoms with Crippen molar-refractivity contribution in [3.8, 4) is 6.07 Å². The summed E-state index contributed by atoms with van der Waals surface area (Å²) in [6.45, 7) is 0. The van der Waals surface area contributed by atoms with Crippen LogP contribution in [-0.2, 0) is 0 Å². The topological polar surface area (TPSA) is 54.0 Å². The van der Waals surface area contributed by atoms with Crippen LogP contribution in [0.2, 0.25) is 0 Å². The van der Waals surface area contributed by atoms with Crippen molar-refractivity contribution in [2.24, 2.45) is 0 Å². The van der Waals surface area contributed by atoms with Gasteiger partial charge in [0.1, 0.15) is 19.5 Å². The largest absolute Gasteiger partial charge is 0.236 e. The molecule has 54 valence electrons. The van der Waals surface area contributed by atoms with Gasteiger partial charge in [-0.25, -0.2) is 9.50 Å². The van der Waals surface area contributed by atoms with E-state index < -0.39 is 0 Å². The molecule has 4 nitrogen and oxygen atoms in total. The van der Waals surface area contributed by atoms with E-state index in [0.717, 1.165) is 0 Å². The molecule has 0 amide bonds. The Morgan fingerprint density at radius 3 is 3.08 bits per heavy atom. The maximum absolute atomic E-state index is 8.62. The second-order valence-electron chi connectivity index (χ2n) is 2.33.